The summed E-state index contributed by atoms with van der Waals surface area (Å²) in [5.41, 5.74) is 3.56. The largest absolute Gasteiger partial charge is 0.491 e. The summed E-state index contributed by atoms with van der Waals surface area (Å²) >= 11 is 1.57. The second kappa shape index (κ2) is 7.91. The van der Waals surface area contributed by atoms with Gasteiger partial charge in [-0.1, -0.05) is 12.1 Å². The molecule has 0 unspecified atom stereocenters. The van der Waals surface area contributed by atoms with Gasteiger partial charge in [-0.05, 0) is 62.7 Å². The van der Waals surface area contributed by atoms with Crippen molar-refractivity contribution in [3.63, 3.8) is 0 Å². The standard InChI is InChI=1S/C22H22FN3O2S/c1-13(2)28-18-10-4-15(5-11-18)21-20-14(3)25-26(17-8-6-16(23)7-9-17)22(20)24-19(27)12-29-21/h4-11,13,21H,12H2,1-3H3,(H,24,27)/t21-/m0/s1. The zero-order valence-corrected chi connectivity index (χ0v) is 17.3. The molecule has 0 radical (unpaired) electrons. The van der Waals surface area contributed by atoms with E-state index in [1.54, 1.807) is 28.6 Å². The van der Waals surface area contributed by atoms with Gasteiger partial charge < -0.3 is 10.1 Å². The number of amides is 1. The number of hydrogen-bond donors (Lipinski definition) is 1. The Morgan fingerprint density at radius 2 is 1.86 bits per heavy atom. The number of aromatic nitrogens is 2. The molecule has 5 nitrogen and oxygen atoms in total. The SMILES string of the molecule is Cc1nn(-c2ccc(F)cc2)c2c1[C@H](c1ccc(OC(C)C)cc1)SCC(=O)N2. The third kappa shape index (κ3) is 4.00. The fourth-order valence-corrected chi connectivity index (χ4v) is 4.60. The first-order valence-electron chi connectivity index (χ1n) is 9.46. The number of fused-ring (bicyclic) bond motifs is 1. The van der Waals surface area contributed by atoms with Crippen molar-refractivity contribution in [1.82, 2.24) is 9.78 Å². The Morgan fingerprint density at radius 3 is 2.52 bits per heavy atom. The minimum absolute atomic E-state index is 0.0498. The van der Waals surface area contributed by atoms with Gasteiger partial charge in [0.2, 0.25) is 5.91 Å². The average Bonchev–Trinajstić information content (AvgIpc) is 2.89. The van der Waals surface area contributed by atoms with Crippen molar-refractivity contribution in [2.45, 2.75) is 32.1 Å². The summed E-state index contributed by atoms with van der Waals surface area (Å²) in [4.78, 5) is 12.4. The monoisotopic (exact) mass is 411 g/mol. The number of ether oxygens (including phenoxy) is 1. The molecular weight excluding hydrogens is 389 g/mol. The molecule has 0 fully saturated rings. The van der Waals surface area contributed by atoms with Crippen LogP contribution in [0.4, 0.5) is 10.2 Å². The number of benzene rings is 2. The Bertz CT molecular complexity index is 1030. The summed E-state index contributed by atoms with van der Waals surface area (Å²) in [7, 11) is 0. The van der Waals surface area contributed by atoms with E-state index in [1.165, 1.54) is 12.1 Å². The summed E-state index contributed by atoms with van der Waals surface area (Å²) in [6.45, 7) is 5.91. The first-order valence-corrected chi connectivity index (χ1v) is 10.5. The van der Waals surface area contributed by atoms with Gasteiger partial charge in [-0.25, -0.2) is 9.07 Å². The highest BCUT2D eigenvalue weighted by Crippen LogP contribution is 2.44. The molecule has 2 aromatic carbocycles. The van der Waals surface area contributed by atoms with Crippen LogP contribution in [-0.2, 0) is 4.79 Å². The summed E-state index contributed by atoms with van der Waals surface area (Å²) in [5, 5.41) is 7.58. The van der Waals surface area contributed by atoms with Gasteiger partial charge in [0.25, 0.3) is 0 Å². The molecule has 1 aromatic heterocycles. The van der Waals surface area contributed by atoms with Crippen molar-refractivity contribution in [3.8, 4) is 11.4 Å². The molecular formula is C22H22FN3O2S. The molecule has 29 heavy (non-hydrogen) atoms. The molecule has 1 amide bonds. The summed E-state index contributed by atoms with van der Waals surface area (Å²) in [6, 6.07) is 14.0. The van der Waals surface area contributed by atoms with E-state index in [-0.39, 0.29) is 23.1 Å². The maximum absolute atomic E-state index is 13.4. The lowest BCUT2D eigenvalue weighted by Gasteiger charge is -2.16. The molecule has 1 aliphatic rings. The molecule has 1 aliphatic heterocycles. The summed E-state index contributed by atoms with van der Waals surface area (Å²) in [5.74, 6) is 1.39. The highest BCUT2D eigenvalue weighted by Gasteiger charge is 2.30. The number of nitrogens with zero attached hydrogens (tertiary/aromatic N) is 2. The van der Waals surface area contributed by atoms with Crippen LogP contribution in [0.3, 0.4) is 0 Å². The van der Waals surface area contributed by atoms with Crippen LogP contribution in [0.15, 0.2) is 48.5 Å². The third-order valence-electron chi connectivity index (χ3n) is 4.63. The fraction of sp³-hybridized carbons (Fsp3) is 0.273. The topological polar surface area (TPSA) is 56.2 Å². The molecule has 0 saturated carbocycles. The first kappa shape index (κ1) is 19.5. The van der Waals surface area contributed by atoms with Crippen LogP contribution < -0.4 is 10.1 Å². The molecule has 0 bridgehead atoms. The predicted octanol–water partition coefficient (Wildman–Crippen LogP) is 4.88. The molecule has 1 atom stereocenters. The summed E-state index contributed by atoms with van der Waals surface area (Å²) < 4.78 is 20.8. The van der Waals surface area contributed by atoms with E-state index < -0.39 is 0 Å². The number of anilines is 1. The second-order valence-corrected chi connectivity index (χ2v) is 8.30. The maximum atomic E-state index is 13.4. The fourth-order valence-electron chi connectivity index (χ4n) is 3.41. The highest BCUT2D eigenvalue weighted by molar-refractivity contribution is 8.00. The van der Waals surface area contributed by atoms with Gasteiger partial charge in [-0.15, -0.1) is 11.8 Å². The number of nitrogens with one attached hydrogen (secondary N) is 1. The highest BCUT2D eigenvalue weighted by atomic mass is 32.2. The second-order valence-electron chi connectivity index (χ2n) is 7.21. The van der Waals surface area contributed by atoms with Crippen LogP contribution in [0, 0.1) is 12.7 Å². The quantitative estimate of drug-likeness (QED) is 0.665. The number of aryl methyl sites for hydroxylation is 1. The third-order valence-corrected chi connectivity index (χ3v) is 5.90. The minimum Gasteiger partial charge on any atom is -0.491 e. The van der Waals surface area contributed by atoms with Crippen molar-refractivity contribution in [3.05, 3.63) is 71.2 Å². The molecule has 3 aromatic rings. The average molecular weight is 412 g/mol. The Hall–Kier alpha value is -2.80. The number of rotatable bonds is 4. The van der Waals surface area contributed by atoms with E-state index in [4.69, 9.17) is 4.74 Å². The van der Waals surface area contributed by atoms with Crippen LogP contribution in [0.1, 0.15) is 35.9 Å². The number of carbonyl (C=O) groups is 1. The van der Waals surface area contributed by atoms with Crippen molar-refractivity contribution in [2.75, 3.05) is 11.1 Å². The maximum Gasteiger partial charge on any atom is 0.235 e. The van der Waals surface area contributed by atoms with E-state index in [9.17, 15) is 9.18 Å². The van der Waals surface area contributed by atoms with E-state index in [0.717, 1.165) is 22.6 Å². The minimum atomic E-state index is -0.315. The van der Waals surface area contributed by atoms with Gasteiger partial charge in [-0.2, -0.15) is 5.10 Å². The lowest BCUT2D eigenvalue weighted by molar-refractivity contribution is -0.113. The smallest absolute Gasteiger partial charge is 0.235 e. The molecule has 0 aliphatic carbocycles. The lowest BCUT2D eigenvalue weighted by atomic mass is 10.0. The summed E-state index contributed by atoms with van der Waals surface area (Å²) in [6.07, 6.45) is 0.109. The van der Waals surface area contributed by atoms with E-state index in [1.807, 2.05) is 45.0 Å². The van der Waals surface area contributed by atoms with Gasteiger partial charge in [0.15, 0.2) is 0 Å². The van der Waals surface area contributed by atoms with Gasteiger partial charge in [0.05, 0.1) is 28.5 Å². The Kier molecular flexibility index (Phi) is 5.32. The van der Waals surface area contributed by atoms with Crippen LogP contribution in [0.25, 0.3) is 5.69 Å². The van der Waals surface area contributed by atoms with Crippen molar-refractivity contribution < 1.29 is 13.9 Å². The van der Waals surface area contributed by atoms with Crippen LogP contribution in [0.2, 0.25) is 0 Å². The molecule has 150 valence electrons. The Labute approximate surface area is 173 Å². The van der Waals surface area contributed by atoms with Gasteiger partial charge in [-0.3, -0.25) is 4.79 Å². The van der Waals surface area contributed by atoms with Crippen LogP contribution in [0.5, 0.6) is 5.75 Å². The first-order chi connectivity index (χ1) is 13.9. The van der Waals surface area contributed by atoms with Crippen LogP contribution >= 0.6 is 11.8 Å². The zero-order valence-electron chi connectivity index (χ0n) is 16.5. The van der Waals surface area contributed by atoms with Crippen molar-refractivity contribution in [1.29, 1.82) is 0 Å². The molecule has 4 rings (SSSR count). The van der Waals surface area contributed by atoms with E-state index in [0.29, 0.717) is 17.3 Å². The molecule has 7 heteroatoms. The van der Waals surface area contributed by atoms with Gasteiger partial charge in [0.1, 0.15) is 17.4 Å². The van der Waals surface area contributed by atoms with E-state index >= 15 is 0 Å². The zero-order chi connectivity index (χ0) is 20.5. The van der Waals surface area contributed by atoms with Crippen molar-refractivity contribution in [2.24, 2.45) is 0 Å². The number of halogens is 1. The molecule has 2 heterocycles. The normalized spacial score (nSPS) is 16.3. The van der Waals surface area contributed by atoms with Gasteiger partial charge >= 0.3 is 0 Å². The predicted molar refractivity (Wildman–Crippen MR) is 113 cm³/mol. The number of thioether (sulfide) groups is 1. The number of hydrogen-bond acceptors (Lipinski definition) is 4. The van der Waals surface area contributed by atoms with E-state index in [2.05, 4.69) is 10.4 Å². The molecule has 0 spiro atoms. The Morgan fingerprint density at radius 1 is 1.17 bits per heavy atom. The Balaban J connectivity index is 1.77. The lowest BCUT2D eigenvalue weighted by Crippen LogP contribution is -2.15. The molecule has 1 N–H and O–H groups in total. The molecule has 0 saturated heterocycles. The van der Waals surface area contributed by atoms with Crippen LogP contribution in [-0.4, -0.2) is 27.5 Å². The van der Waals surface area contributed by atoms with Gasteiger partial charge in [0, 0.05) is 5.56 Å². The van der Waals surface area contributed by atoms with Crippen molar-refractivity contribution >= 4 is 23.5 Å². The number of carbonyl (C=O) groups excluding carboxylic acids is 1.